The Balaban J connectivity index is 0.939. The van der Waals surface area contributed by atoms with Crippen LogP contribution < -0.4 is 30.1 Å². The van der Waals surface area contributed by atoms with Gasteiger partial charge in [-0.3, -0.25) is 4.79 Å². The van der Waals surface area contributed by atoms with Crippen LogP contribution in [0.25, 0.3) is 16.3 Å². The number of nitrogens with one attached hydrogen (secondary N) is 1. The van der Waals surface area contributed by atoms with Crippen molar-refractivity contribution in [3.63, 3.8) is 0 Å². The smallest absolute Gasteiger partial charge is 0.336 e. The normalized spacial score (nSPS) is 15.9. The fourth-order valence-corrected chi connectivity index (χ4v) is 12.8. The molecule has 9 rings (SSSR count). The predicted octanol–water partition coefficient (Wildman–Crippen LogP) is 8.53. The number of fused-ring (bicyclic) bond motifs is 6. The van der Waals surface area contributed by atoms with Gasteiger partial charge in [0.2, 0.25) is 11.3 Å². The molecule has 4 aromatic rings. The van der Waals surface area contributed by atoms with Crippen molar-refractivity contribution in [3.05, 3.63) is 90.5 Å². The molecule has 370 valence electrons. The molecule has 0 aromatic heterocycles. The average molecular weight is 961 g/mol. The minimum Gasteiger partial charge on any atom is -0.478 e. The van der Waals surface area contributed by atoms with Gasteiger partial charge in [0, 0.05) is 82.5 Å². The number of amides is 1. The number of carbonyl (C=O) groups excluding carboxylic acids is 1. The zero-order valence-electron chi connectivity index (χ0n) is 41.7. The first-order chi connectivity index (χ1) is 33.8. The monoisotopic (exact) mass is 961 g/mol. The molecular weight excluding hydrogens is 887 g/mol. The Kier molecular flexibility index (Phi) is 16.6. The van der Waals surface area contributed by atoms with Crippen LogP contribution in [0.4, 0.5) is 5.69 Å². The number of carbonyl (C=O) groups is 2. The Bertz CT molecular complexity index is 2700. The average Bonchev–Trinajstić information content (AvgIpc) is 3.57. The molecule has 0 unspecified atom stereocenters. The maximum atomic E-state index is 13.7. The van der Waals surface area contributed by atoms with Gasteiger partial charge in [0.15, 0.2) is 0 Å². The standard InChI is InChI=1S/C57H73N3O8S/c1-5-6-7-8-11-26-64-28-30-66-32-33-67-31-29-65-27-21-58-48(61)36-69-56-38(3)37(2)50(57(62)63)49(39(56)4)51-44-20-19-42-43-17-13-24-60-23-12-16-41(52(43)60)34-46(42)54(44)68-55-45-18-14-25-59-22-10-9-15-40(53(45)59)35-47(51)55/h19-20,34-35H,5-18,21-33,36H2,1-4H3,(H-,58,61,62,63)/p+1. The van der Waals surface area contributed by atoms with E-state index in [0.717, 1.165) is 157 Å². The van der Waals surface area contributed by atoms with Gasteiger partial charge in [-0.2, -0.15) is 0 Å². The molecule has 5 aliphatic rings. The quantitative estimate of drug-likeness (QED) is 0.0375. The molecule has 5 aliphatic heterocycles. The van der Waals surface area contributed by atoms with Crippen LogP contribution in [0.2, 0.25) is 0 Å². The van der Waals surface area contributed by atoms with E-state index in [-0.39, 0.29) is 11.7 Å². The highest BCUT2D eigenvalue weighted by Gasteiger charge is 2.36. The number of carboxylic acid groups (broad SMARTS) is 1. The molecule has 0 aliphatic carbocycles. The molecular formula is C57H74N3O8S+. The van der Waals surface area contributed by atoms with Gasteiger partial charge in [-0.05, 0) is 124 Å². The minimum atomic E-state index is -0.949. The maximum Gasteiger partial charge on any atom is 0.336 e. The molecule has 4 aromatic carbocycles. The van der Waals surface area contributed by atoms with Crippen molar-refractivity contribution < 1.29 is 38.4 Å². The molecule has 0 fully saturated rings. The lowest BCUT2D eigenvalue weighted by molar-refractivity contribution is -0.118. The largest absolute Gasteiger partial charge is 0.478 e. The third-order valence-electron chi connectivity index (χ3n) is 15.1. The van der Waals surface area contributed by atoms with Gasteiger partial charge >= 0.3 is 5.97 Å². The van der Waals surface area contributed by atoms with Crippen molar-refractivity contribution in [2.45, 2.75) is 122 Å². The van der Waals surface area contributed by atoms with Crippen LogP contribution in [0.5, 0.6) is 11.5 Å². The van der Waals surface area contributed by atoms with E-state index in [1.54, 1.807) is 0 Å². The van der Waals surface area contributed by atoms with Crippen molar-refractivity contribution in [3.8, 4) is 11.5 Å². The number of ether oxygens (including phenoxy) is 5. The van der Waals surface area contributed by atoms with Gasteiger partial charge in [-0.25, -0.2) is 9.37 Å². The first-order valence-electron chi connectivity index (χ1n) is 26.2. The highest BCUT2D eigenvalue weighted by Crippen LogP contribution is 2.49. The van der Waals surface area contributed by atoms with Gasteiger partial charge in [-0.15, -0.1) is 11.8 Å². The van der Waals surface area contributed by atoms with E-state index < -0.39 is 5.97 Å². The van der Waals surface area contributed by atoms with Crippen LogP contribution in [0, 0.1) is 20.8 Å². The second-order valence-electron chi connectivity index (χ2n) is 19.6. The summed E-state index contributed by atoms with van der Waals surface area (Å²) in [5, 5.41) is 18.9. The predicted molar refractivity (Wildman–Crippen MR) is 276 cm³/mol. The number of nitrogens with zero attached hydrogens (tertiary/aromatic N) is 2. The van der Waals surface area contributed by atoms with Crippen molar-refractivity contribution >= 4 is 45.7 Å². The van der Waals surface area contributed by atoms with E-state index in [1.807, 2.05) is 13.8 Å². The van der Waals surface area contributed by atoms with E-state index in [2.05, 4.69) is 52.9 Å². The Hall–Kier alpha value is -4.46. The number of unbranched alkanes of at least 4 members (excludes halogenated alkanes) is 4. The molecule has 0 bridgehead atoms. The summed E-state index contributed by atoms with van der Waals surface area (Å²) in [7, 11) is 0. The maximum absolute atomic E-state index is 13.7. The summed E-state index contributed by atoms with van der Waals surface area (Å²) in [4.78, 5) is 30.7. The number of benzene rings is 4. The molecule has 0 atom stereocenters. The van der Waals surface area contributed by atoms with Crippen molar-refractivity contribution in [2.24, 2.45) is 0 Å². The zero-order chi connectivity index (χ0) is 47.9. The molecule has 0 radical (unpaired) electrons. The lowest BCUT2D eigenvalue weighted by Crippen LogP contribution is -2.41. The molecule has 11 nitrogen and oxygen atoms in total. The molecule has 12 heteroatoms. The Labute approximate surface area is 413 Å². The van der Waals surface area contributed by atoms with Gasteiger partial charge < -0.3 is 39.0 Å². The zero-order valence-corrected chi connectivity index (χ0v) is 42.5. The first-order valence-corrected chi connectivity index (χ1v) is 27.2. The molecule has 0 saturated carbocycles. The molecule has 0 saturated heterocycles. The number of hydrogen-bond donors (Lipinski definition) is 2. The Morgan fingerprint density at radius 2 is 1.42 bits per heavy atom. The van der Waals surface area contributed by atoms with Crippen molar-refractivity contribution in [1.82, 2.24) is 9.89 Å². The summed E-state index contributed by atoms with van der Waals surface area (Å²) in [5.74, 6) is 0.859. The van der Waals surface area contributed by atoms with Crippen molar-refractivity contribution in [2.75, 3.05) is 96.2 Å². The summed E-state index contributed by atoms with van der Waals surface area (Å²) in [6.07, 6.45) is 15.7. The number of thioether (sulfide) groups is 1. The van der Waals surface area contributed by atoms with Crippen LogP contribution >= 0.6 is 11.8 Å². The van der Waals surface area contributed by atoms with E-state index in [0.29, 0.717) is 58.4 Å². The number of aryl methyl sites for hydroxylation is 3. The summed E-state index contributed by atoms with van der Waals surface area (Å²) in [5.41, 5.74) is 12.2. The Morgan fingerprint density at radius 3 is 2.19 bits per heavy atom. The second-order valence-corrected chi connectivity index (χ2v) is 20.6. The molecule has 2 N–H and O–H groups in total. The van der Waals surface area contributed by atoms with Crippen LogP contribution in [0.1, 0.15) is 132 Å². The lowest BCUT2D eigenvalue weighted by atomic mass is 9.81. The fourth-order valence-electron chi connectivity index (χ4n) is 11.7. The number of carboxylic acids is 1. The van der Waals surface area contributed by atoms with E-state index in [4.69, 9.17) is 23.7 Å². The van der Waals surface area contributed by atoms with Gasteiger partial charge in [-0.1, -0.05) is 38.7 Å². The fraction of sp³-hybridized carbons (Fsp3) is 0.561. The van der Waals surface area contributed by atoms with E-state index in [9.17, 15) is 14.7 Å². The summed E-state index contributed by atoms with van der Waals surface area (Å²) < 4.78 is 32.6. The number of anilines is 1. The third kappa shape index (κ3) is 10.6. The van der Waals surface area contributed by atoms with Crippen LogP contribution in [0.15, 0.2) is 29.2 Å². The minimum absolute atomic E-state index is 0.101. The SMILES string of the molecule is CCCCCCCOCCOCCOCCOCCNC(=O)CSc1c(C)c(C)c(C(=O)O)c(C2=c3cc4c5c(c3Oc3c2ccc2c6c7c(cc32)CCCN7CCC6)CCC[N+]=5CCCC4)c1C. The summed E-state index contributed by atoms with van der Waals surface area (Å²) in [6.45, 7) is 17.1. The van der Waals surface area contributed by atoms with Gasteiger partial charge in [0.1, 0.15) is 24.6 Å². The summed E-state index contributed by atoms with van der Waals surface area (Å²) in [6, 6.07) is 9.23. The highest BCUT2D eigenvalue weighted by molar-refractivity contribution is 8.00. The van der Waals surface area contributed by atoms with Crippen LogP contribution in [0.3, 0.4) is 0 Å². The molecule has 5 heterocycles. The van der Waals surface area contributed by atoms with Gasteiger partial charge in [0.05, 0.1) is 63.1 Å². The topological polar surface area (TPSA) is 119 Å². The van der Waals surface area contributed by atoms with Crippen LogP contribution in [-0.4, -0.2) is 108 Å². The second kappa shape index (κ2) is 23.2. The molecule has 0 spiro atoms. The van der Waals surface area contributed by atoms with E-state index >= 15 is 0 Å². The number of rotatable bonds is 23. The number of hydrogen-bond acceptors (Lipinski definition) is 9. The first kappa shape index (κ1) is 49.5. The number of aromatic carboxylic acids is 1. The van der Waals surface area contributed by atoms with Crippen molar-refractivity contribution in [1.29, 1.82) is 0 Å². The highest BCUT2D eigenvalue weighted by atomic mass is 32.2. The third-order valence-corrected chi connectivity index (χ3v) is 16.4. The van der Waals surface area contributed by atoms with Crippen LogP contribution in [-0.2, 0) is 49.4 Å². The summed E-state index contributed by atoms with van der Waals surface area (Å²) >= 11 is 1.48. The van der Waals surface area contributed by atoms with E-state index in [1.165, 1.54) is 76.1 Å². The Morgan fingerprint density at radius 1 is 0.725 bits per heavy atom. The van der Waals surface area contributed by atoms with Gasteiger partial charge in [0.25, 0.3) is 0 Å². The lowest BCUT2D eigenvalue weighted by Gasteiger charge is -2.38. The molecule has 1 amide bonds. The molecule has 69 heavy (non-hydrogen) atoms.